The Morgan fingerprint density at radius 1 is 1.40 bits per heavy atom. The molecular weight excluding hydrogens is 282 g/mol. The number of carbonyl (C=O) groups excluding carboxylic acids is 1. The Kier molecular flexibility index (Phi) is 5.90. The maximum absolute atomic E-state index is 11.8. The molecule has 0 aliphatic heterocycles. The summed E-state index contributed by atoms with van der Waals surface area (Å²) >= 11 is 0. The van der Waals surface area contributed by atoms with E-state index in [0.717, 1.165) is 12.3 Å². The topological polar surface area (TPSA) is 108 Å². The number of pyridine rings is 1. The van der Waals surface area contributed by atoms with Crippen LogP contribution in [0.15, 0.2) is 28.2 Å². The minimum absolute atomic E-state index is 0.0245. The van der Waals surface area contributed by atoms with Gasteiger partial charge in [0.05, 0.1) is 0 Å². The molecule has 1 aromatic heterocycles. The number of aromatic nitrogens is 1. The van der Waals surface area contributed by atoms with Crippen molar-refractivity contribution in [3.05, 3.63) is 28.7 Å². The van der Waals surface area contributed by atoms with E-state index < -0.39 is 15.5 Å². The van der Waals surface area contributed by atoms with Gasteiger partial charge in [-0.05, 0) is 5.92 Å². The first-order valence-electron chi connectivity index (χ1n) is 6.26. The van der Waals surface area contributed by atoms with Crippen molar-refractivity contribution in [3.8, 4) is 0 Å². The molecule has 0 spiro atoms. The fraction of sp³-hybridized carbons (Fsp3) is 0.500. The van der Waals surface area contributed by atoms with E-state index in [1.165, 1.54) is 6.20 Å². The maximum atomic E-state index is 11.8. The van der Waals surface area contributed by atoms with Gasteiger partial charge in [0.2, 0.25) is 21.4 Å². The van der Waals surface area contributed by atoms with Gasteiger partial charge in [0.1, 0.15) is 4.90 Å². The zero-order chi connectivity index (χ0) is 15.2. The first kappa shape index (κ1) is 16.4. The molecule has 1 rings (SSSR count). The van der Waals surface area contributed by atoms with Crippen molar-refractivity contribution < 1.29 is 13.2 Å². The smallest absolute Gasteiger partial charge is 0.245 e. The number of carbonyl (C=O) groups is 1. The lowest BCUT2D eigenvalue weighted by Gasteiger charge is -2.08. The Balaban J connectivity index is 2.51. The van der Waals surface area contributed by atoms with Gasteiger partial charge < -0.3 is 10.3 Å². The number of amides is 1. The van der Waals surface area contributed by atoms with Gasteiger partial charge in [0.15, 0.2) is 0 Å². The highest BCUT2D eigenvalue weighted by molar-refractivity contribution is 7.89. The fourth-order valence-electron chi connectivity index (χ4n) is 1.39. The molecule has 7 nitrogen and oxygen atoms in total. The van der Waals surface area contributed by atoms with Crippen LogP contribution in [-0.2, 0) is 14.8 Å². The number of rotatable bonds is 7. The van der Waals surface area contributed by atoms with E-state index in [1.807, 2.05) is 13.8 Å². The summed E-state index contributed by atoms with van der Waals surface area (Å²) in [6.07, 6.45) is 2.49. The van der Waals surface area contributed by atoms with Gasteiger partial charge in [-0.25, -0.2) is 13.1 Å². The zero-order valence-electron chi connectivity index (χ0n) is 11.5. The van der Waals surface area contributed by atoms with Gasteiger partial charge >= 0.3 is 0 Å². The average Bonchev–Trinajstić information content (AvgIpc) is 2.36. The van der Waals surface area contributed by atoms with Crippen LogP contribution in [0.5, 0.6) is 0 Å². The van der Waals surface area contributed by atoms with Gasteiger partial charge in [0.25, 0.3) is 0 Å². The second kappa shape index (κ2) is 7.20. The number of hydrogen-bond donors (Lipinski definition) is 3. The third kappa shape index (κ3) is 5.14. The molecule has 0 fully saturated rings. The third-order valence-corrected chi connectivity index (χ3v) is 3.91. The number of sulfonamides is 1. The van der Waals surface area contributed by atoms with Crippen molar-refractivity contribution in [1.82, 2.24) is 15.0 Å². The SMILES string of the molecule is CC(C)CNC(=O)CCNS(=O)(=O)c1c[nH]ccc1=O. The molecule has 0 bridgehead atoms. The summed E-state index contributed by atoms with van der Waals surface area (Å²) in [5, 5.41) is 2.68. The van der Waals surface area contributed by atoms with E-state index >= 15 is 0 Å². The number of H-pyrrole nitrogens is 1. The van der Waals surface area contributed by atoms with Gasteiger partial charge in [-0.2, -0.15) is 0 Å². The van der Waals surface area contributed by atoms with Crippen LogP contribution in [0.1, 0.15) is 20.3 Å². The molecule has 3 N–H and O–H groups in total. The Labute approximate surface area is 117 Å². The van der Waals surface area contributed by atoms with Gasteiger partial charge in [-0.3, -0.25) is 9.59 Å². The minimum Gasteiger partial charge on any atom is -0.366 e. The quantitative estimate of drug-likeness (QED) is 0.649. The lowest BCUT2D eigenvalue weighted by Crippen LogP contribution is -2.33. The molecule has 0 unspecified atom stereocenters. The minimum atomic E-state index is -3.89. The monoisotopic (exact) mass is 301 g/mol. The van der Waals surface area contributed by atoms with E-state index in [0.29, 0.717) is 12.5 Å². The lowest BCUT2D eigenvalue weighted by atomic mass is 10.2. The standard InChI is InChI=1S/C12H19N3O4S/c1-9(2)7-14-12(17)4-6-15-20(18,19)11-8-13-5-3-10(11)16/h3,5,8-9,15H,4,6-7H2,1-2H3,(H,13,16)(H,14,17). The van der Waals surface area contributed by atoms with Crippen LogP contribution >= 0.6 is 0 Å². The van der Waals surface area contributed by atoms with Crippen LogP contribution in [-0.4, -0.2) is 32.4 Å². The number of aromatic amines is 1. The van der Waals surface area contributed by atoms with Crippen LogP contribution in [0.3, 0.4) is 0 Å². The molecule has 1 amide bonds. The summed E-state index contributed by atoms with van der Waals surface area (Å²) in [7, 11) is -3.89. The third-order valence-electron chi connectivity index (χ3n) is 2.43. The van der Waals surface area contributed by atoms with Crippen LogP contribution in [0.2, 0.25) is 0 Å². The van der Waals surface area contributed by atoms with Crippen molar-refractivity contribution in [2.75, 3.05) is 13.1 Å². The molecule has 0 aliphatic carbocycles. The second-order valence-corrected chi connectivity index (χ2v) is 6.45. The number of hydrogen-bond acceptors (Lipinski definition) is 4. The van der Waals surface area contributed by atoms with Gasteiger partial charge in [0, 0.05) is 38.0 Å². The molecule has 1 aromatic rings. The highest BCUT2D eigenvalue weighted by atomic mass is 32.2. The summed E-state index contributed by atoms with van der Waals surface area (Å²) in [4.78, 5) is 25.0. The Bertz CT molecular complexity index is 607. The van der Waals surface area contributed by atoms with E-state index in [2.05, 4.69) is 15.0 Å². The first-order chi connectivity index (χ1) is 9.33. The van der Waals surface area contributed by atoms with E-state index in [-0.39, 0.29) is 23.8 Å². The second-order valence-electron chi connectivity index (χ2n) is 4.72. The Morgan fingerprint density at radius 3 is 2.70 bits per heavy atom. The fourth-order valence-corrected chi connectivity index (χ4v) is 2.48. The highest BCUT2D eigenvalue weighted by Crippen LogP contribution is 1.99. The molecule has 8 heteroatoms. The average molecular weight is 301 g/mol. The highest BCUT2D eigenvalue weighted by Gasteiger charge is 2.17. The molecule has 1 heterocycles. The van der Waals surface area contributed by atoms with Crippen molar-refractivity contribution in [2.24, 2.45) is 5.92 Å². The molecule has 0 aliphatic rings. The lowest BCUT2D eigenvalue weighted by molar-refractivity contribution is -0.121. The number of nitrogens with one attached hydrogen (secondary N) is 3. The van der Waals surface area contributed by atoms with Crippen molar-refractivity contribution in [1.29, 1.82) is 0 Å². The first-order valence-corrected chi connectivity index (χ1v) is 7.74. The molecule has 0 atom stereocenters. The molecular formula is C12H19N3O4S. The van der Waals surface area contributed by atoms with Gasteiger partial charge in [-0.1, -0.05) is 13.8 Å². The van der Waals surface area contributed by atoms with Crippen LogP contribution in [0.4, 0.5) is 0 Å². The van der Waals surface area contributed by atoms with Crippen LogP contribution in [0.25, 0.3) is 0 Å². The van der Waals surface area contributed by atoms with Crippen molar-refractivity contribution >= 4 is 15.9 Å². The normalized spacial score (nSPS) is 11.6. The zero-order valence-corrected chi connectivity index (χ0v) is 12.3. The Hall–Kier alpha value is -1.67. The van der Waals surface area contributed by atoms with Gasteiger partial charge in [-0.15, -0.1) is 0 Å². The van der Waals surface area contributed by atoms with E-state index in [1.54, 1.807) is 0 Å². The Morgan fingerprint density at radius 2 is 2.10 bits per heavy atom. The summed E-state index contributed by atoms with van der Waals surface area (Å²) in [5.74, 6) is 0.0990. The molecule has 0 saturated heterocycles. The summed E-state index contributed by atoms with van der Waals surface area (Å²) in [6.45, 7) is 4.42. The molecule has 20 heavy (non-hydrogen) atoms. The van der Waals surface area contributed by atoms with E-state index in [9.17, 15) is 18.0 Å². The maximum Gasteiger partial charge on any atom is 0.245 e. The summed E-state index contributed by atoms with van der Waals surface area (Å²) < 4.78 is 25.9. The van der Waals surface area contributed by atoms with Crippen molar-refractivity contribution in [2.45, 2.75) is 25.2 Å². The van der Waals surface area contributed by atoms with Crippen LogP contribution < -0.4 is 15.5 Å². The predicted molar refractivity (Wildman–Crippen MR) is 74.7 cm³/mol. The molecule has 112 valence electrons. The summed E-state index contributed by atoms with van der Waals surface area (Å²) in [5.41, 5.74) is -0.597. The predicted octanol–water partition coefficient (Wildman–Crippen LogP) is -0.184. The molecule has 0 saturated carbocycles. The summed E-state index contributed by atoms with van der Waals surface area (Å²) in [6, 6.07) is 1.13. The van der Waals surface area contributed by atoms with Crippen LogP contribution in [0, 0.1) is 5.92 Å². The van der Waals surface area contributed by atoms with Crippen molar-refractivity contribution in [3.63, 3.8) is 0 Å². The molecule has 0 radical (unpaired) electrons. The molecule has 0 aromatic carbocycles. The largest absolute Gasteiger partial charge is 0.366 e. The van der Waals surface area contributed by atoms with E-state index in [4.69, 9.17) is 0 Å².